The number of ether oxygens (including phenoxy) is 1. The number of benzene rings is 2. The molecular weight excluding hydrogens is 412 g/mol. The van der Waals surface area contributed by atoms with Gasteiger partial charge >= 0.3 is 5.97 Å². The van der Waals surface area contributed by atoms with Gasteiger partial charge in [0.1, 0.15) is 10.6 Å². The van der Waals surface area contributed by atoms with Crippen LogP contribution in [0.4, 0.5) is 5.69 Å². The van der Waals surface area contributed by atoms with Crippen LogP contribution < -0.4 is 4.90 Å². The predicted octanol–water partition coefficient (Wildman–Crippen LogP) is 4.22. The van der Waals surface area contributed by atoms with Gasteiger partial charge in [0.05, 0.1) is 17.4 Å². The minimum absolute atomic E-state index is 0.223. The lowest BCUT2D eigenvalue weighted by molar-refractivity contribution is -0.121. The Labute approximate surface area is 185 Å². The lowest BCUT2D eigenvalue weighted by Gasteiger charge is -2.20. The minimum atomic E-state index is -0.433. The van der Waals surface area contributed by atoms with Gasteiger partial charge in [-0.15, -0.1) is 0 Å². The molecule has 0 saturated carbocycles. The summed E-state index contributed by atoms with van der Waals surface area (Å²) in [6.07, 6.45) is 1.78. The van der Waals surface area contributed by atoms with Crippen LogP contribution >= 0.6 is 11.8 Å². The fourth-order valence-corrected chi connectivity index (χ4v) is 4.70. The Morgan fingerprint density at radius 2 is 1.58 bits per heavy atom. The molecule has 6 nitrogen and oxygen atoms in total. The van der Waals surface area contributed by atoms with Gasteiger partial charge < -0.3 is 9.64 Å². The lowest BCUT2D eigenvalue weighted by atomic mass is 10.2. The van der Waals surface area contributed by atoms with Gasteiger partial charge in [0.15, 0.2) is 0 Å². The number of anilines is 1. The Hall–Kier alpha value is -3.06. The first kappa shape index (κ1) is 21.2. The van der Waals surface area contributed by atoms with Gasteiger partial charge in [0.2, 0.25) is 0 Å². The monoisotopic (exact) mass is 436 g/mol. The van der Waals surface area contributed by atoms with Crippen LogP contribution in [-0.2, 0) is 14.3 Å². The number of hydrogen-bond acceptors (Lipinski definition) is 6. The van der Waals surface area contributed by atoms with Gasteiger partial charge in [-0.25, -0.2) is 9.69 Å². The van der Waals surface area contributed by atoms with Gasteiger partial charge in [-0.05, 0) is 63.1 Å². The molecule has 0 aromatic heterocycles. The molecule has 1 fully saturated rings. The fourth-order valence-electron chi connectivity index (χ4n) is 3.68. The van der Waals surface area contributed by atoms with Crippen LogP contribution in [-0.4, -0.2) is 41.9 Å². The maximum Gasteiger partial charge on any atom is 0.338 e. The third kappa shape index (κ3) is 4.37. The van der Waals surface area contributed by atoms with Crippen LogP contribution in [0.1, 0.15) is 37.0 Å². The summed E-state index contributed by atoms with van der Waals surface area (Å²) >= 11 is 1.32. The lowest BCUT2D eigenvalue weighted by Crippen LogP contribution is -2.34. The molecule has 31 heavy (non-hydrogen) atoms. The van der Waals surface area contributed by atoms with Gasteiger partial charge in [-0.3, -0.25) is 9.59 Å². The van der Waals surface area contributed by atoms with Crippen molar-refractivity contribution in [1.82, 2.24) is 4.90 Å². The summed E-state index contributed by atoms with van der Waals surface area (Å²) in [6, 6.07) is 16.0. The van der Waals surface area contributed by atoms with E-state index in [0.717, 1.165) is 30.8 Å². The number of carbonyl (C=O) groups excluding carboxylic acids is 3. The van der Waals surface area contributed by atoms with Crippen molar-refractivity contribution < 1.29 is 19.1 Å². The van der Waals surface area contributed by atoms with Crippen LogP contribution in [0.25, 0.3) is 0 Å². The van der Waals surface area contributed by atoms with E-state index in [1.807, 2.05) is 35.2 Å². The molecule has 0 spiro atoms. The number of rotatable bonds is 6. The van der Waals surface area contributed by atoms with E-state index < -0.39 is 5.97 Å². The molecule has 0 N–H and O–H groups in total. The smallest absolute Gasteiger partial charge is 0.338 e. The summed E-state index contributed by atoms with van der Waals surface area (Å²) in [5, 5.41) is 0. The first-order valence-corrected chi connectivity index (χ1v) is 11.2. The number of thioether (sulfide) groups is 1. The minimum Gasteiger partial charge on any atom is -0.459 e. The molecule has 2 aromatic rings. The maximum absolute atomic E-state index is 13.4. The summed E-state index contributed by atoms with van der Waals surface area (Å²) in [5.41, 5.74) is 1.29. The summed E-state index contributed by atoms with van der Waals surface area (Å²) < 4.78 is 5.21. The van der Waals surface area contributed by atoms with Crippen LogP contribution in [0.15, 0.2) is 70.1 Å². The first-order chi connectivity index (χ1) is 15.0. The Kier molecular flexibility index (Phi) is 6.13. The summed E-state index contributed by atoms with van der Waals surface area (Å²) in [5.74, 6) is -1.09. The van der Waals surface area contributed by atoms with Gasteiger partial charge in [0, 0.05) is 18.0 Å². The van der Waals surface area contributed by atoms with Crippen molar-refractivity contribution in [2.45, 2.75) is 37.7 Å². The summed E-state index contributed by atoms with van der Waals surface area (Å²) in [7, 11) is 0. The van der Waals surface area contributed by atoms with Crippen molar-refractivity contribution in [3.63, 3.8) is 0 Å². The average Bonchev–Trinajstić information content (AvgIpc) is 3.35. The number of carbonyl (C=O) groups is 3. The van der Waals surface area contributed by atoms with Crippen molar-refractivity contribution >= 4 is 35.2 Å². The average molecular weight is 437 g/mol. The molecule has 0 unspecified atom stereocenters. The molecule has 2 heterocycles. The predicted molar refractivity (Wildman–Crippen MR) is 120 cm³/mol. The second-order valence-electron chi connectivity index (χ2n) is 7.73. The maximum atomic E-state index is 13.4. The Balaban J connectivity index is 1.64. The van der Waals surface area contributed by atoms with Gasteiger partial charge in [-0.2, -0.15) is 0 Å². The SMILES string of the molecule is CC(C)OC(=O)c1ccc(N2C(=O)C(Sc3ccccc3)=C(N3CCCC3)C2=O)cc1. The van der Waals surface area contributed by atoms with E-state index in [1.165, 1.54) is 16.7 Å². The van der Waals surface area contributed by atoms with Crippen molar-refractivity contribution in [1.29, 1.82) is 0 Å². The standard InChI is InChI=1S/C24H24N2O4S/c1-16(2)30-24(29)17-10-12-18(13-11-17)26-22(27)20(25-14-6-7-15-25)21(23(26)28)31-19-8-4-3-5-9-19/h3-5,8-13,16H,6-7,14-15H2,1-2H3. The molecule has 160 valence electrons. The highest BCUT2D eigenvalue weighted by Crippen LogP contribution is 2.39. The Bertz CT molecular complexity index is 1030. The molecule has 4 rings (SSSR count). The quantitative estimate of drug-likeness (QED) is 0.499. The molecular formula is C24H24N2O4S. The van der Waals surface area contributed by atoms with Gasteiger partial charge in [0.25, 0.3) is 11.8 Å². The van der Waals surface area contributed by atoms with Gasteiger partial charge in [-0.1, -0.05) is 30.0 Å². The van der Waals surface area contributed by atoms with Crippen molar-refractivity contribution in [2.75, 3.05) is 18.0 Å². The van der Waals surface area contributed by atoms with Crippen molar-refractivity contribution in [2.24, 2.45) is 0 Å². The zero-order chi connectivity index (χ0) is 22.0. The first-order valence-electron chi connectivity index (χ1n) is 10.4. The zero-order valence-electron chi connectivity index (χ0n) is 17.5. The van der Waals surface area contributed by atoms with Crippen molar-refractivity contribution in [3.05, 3.63) is 70.8 Å². The summed E-state index contributed by atoms with van der Waals surface area (Å²) in [4.78, 5) is 43.4. The highest BCUT2D eigenvalue weighted by Gasteiger charge is 2.43. The molecule has 0 radical (unpaired) electrons. The second kappa shape index (κ2) is 8.98. The van der Waals surface area contributed by atoms with Crippen molar-refractivity contribution in [3.8, 4) is 0 Å². The molecule has 2 amide bonds. The van der Waals surface area contributed by atoms with E-state index >= 15 is 0 Å². The molecule has 0 bridgehead atoms. The number of imide groups is 1. The van der Waals surface area contributed by atoms with E-state index in [-0.39, 0.29) is 17.9 Å². The fraction of sp³-hybridized carbons (Fsp3) is 0.292. The molecule has 7 heteroatoms. The number of esters is 1. The molecule has 2 aliphatic rings. The number of hydrogen-bond donors (Lipinski definition) is 0. The molecule has 2 aromatic carbocycles. The Morgan fingerprint density at radius 1 is 0.935 bits per heavy atom. The summed E-state index contributed by atoms with van der Waals surface area (Å²) in [6.45, 7) is 5.10. The van der Waals surface area contributed by atoms with E-state index in [4.69, 9.17) is 4.74 Å². The highest BCUT2D eigenvalue weighted by atomic mass is 32.2. The van der Waals surface area contributed by atoms with E-state index in [9.17, 15) is 14.4 Å². The molecule has 1 saturated heterocycles. The largest absolute Gasteiger partial charge is 0.459 e. The molecule has 2 aliphatic heterocycles. The third-order valence-electron chi connectivity index (χ3n) is 5.11. The topological polar surface area (TPSA) is 66.9 Å². The normalized spacial score (nSPS) is 16.6. The van der Waals surface area contributed by atoms with Crippen LogP contribution in [0, 0.1) is 0 Å². The van der Waals surface area contributed by atoms with Crippen LogP contribution in [0.5, 0.6) is 0 Å². The van der Waals surface area contributed by atoms with E-state index in [0.29, 0.717) is 21.9 Å². The third-order valence-corrected chi connectivity index (χ3v) is 6.19. The van der Waals surface area contributed by atoms with Crippen LogP contribution in [0.3, 0.4) is 0 Å². The van der Waals surface area contributed by atoms with E-state index in [2.05, 4.69) is 0 Å². The molecule has 0 atom stereocenters. The molecule has 0 aliphatic carbocycles. The number of likely N-dealkylation sites (tertiary alicyclic amines) is 1. The van der Waals surface area contributed by atoms with E-state index in [1.54, 1.807) is 38.1 Å². The zero-order valence-corrected chi connectivity index (χ0v) is 18.4. The second-order valence-corrected chi connectivity index (χ2v) is 8.82. The highest BCUT2D eigenvalue weighted by molar-refractivity contribution is 8.04. The Morgan fingerprint density at radius 3 is 2.19 bits per heavy atom. The number of amides is 2. The van der Waals surface area contributed by atoms with Crippen LogP contribution in [0.2, 0.25) is 0 Å². The number of nitrogens with zero attached hydrogens (tertiary/aromatic N) is 2.